The Kier molecular flexibility index (Phi) is 3.34. The van der Waals surface area contributed by atoms with Crippen molar-refractivity contribution in [1.82, 2.24) is 15.1 Å². The molecule has 4 aliphatic rings. The Labute approximate surface area is 126 Å². The van der Waals surface area contributed by atoms with Crippen LogP contribution in [0.2, 0.25) is 0 Å². The number of hydrogen-bond acceptors (Lipinski definition) is 2. The van der Waals surface area contributed by atoms with Crippen LogP contribution in [-0.4, -0.2) is 54.1 Å². The molecule has 1 aromatic carbocycles. The van der Waals surface area contributed by atoms with E-state index in [9.17, 15) is 4.79 Å². The van der Waals surface area contributed by atoms with Gasteiger partial charge in [-0.05, 0) is 43.8 Å². The molecule has 2 amide bonds. The Morgan fingerprint density at radius 1 is 1.14 bits per heavy atom. The van der Waals surface area contributed by atoms with Crippen LogP contribution in [0.3, 0.4) is 0 Å². The summed E-state index contributed by atoms with van der Waals surface area (Å²) in [4.78, 5) is 17.0. The van der Waals surface area contributed by atoms with Crippen molar-refractivity contribution in [1.29, 1.82) is 0 Å². The lowest BCUT2D eigenvalue weighted by Gasteiger charge is -2.49. The molecule has 4 saturated heterocycles. The molecule has 0 aromatic heterocycles. The van der Waals surface area contributed by atoms with E-state index in [0.717, 1.165) is 19.5 Å². The molecule has 5 rings (SSSR count). The molecule has 112 valence electrons. The van der Waals surface area contributed by atoms with Gasteiger partial charge in [-0.15, -0.1) is 0 Å². The summed E-state index contributed by atoms with van der Waals surface area (Å²) in [5.41, 5.74) is 1.32. The highest BCUT2D eigenvalue weighted by Crippen LogP contribution is 2.33. The predicted molar refractivity (Wildman–Crippen MR) is 82.1 cm³/mol. The first-order valence-corrected chi connectivity index (χ1v) is 8.14. The predicted octanol–water partition coefficient (Wildman–Crippen LogP) is 1.72. The standard InChI is InChI=1S/C17H23N3O/c21-17-18-11-15(10-13-4-2-1-3-5-13)20(17)16-12-19-8-6-14(16)7-9-19/h1-5,14-16H,6-12H2,(H,18,21). The number of benzene rings is 1. The first-order chi connectivity index (χ1) is 10.3. The van der Waals surface area contributed by atoms with Gasteiger partial charge >= 0.3 is 6.03 Å². The zero-order valence-electron chi connectivity index (χ0n) is 12.4. The maximum Gasteiger partial charge on any atom is 0.318 e. The normalized spacial score (nSPS) is 35.0. The fourth-order valence-corrected chi connectivity index (χ4v) is 4.29. The van der Waals surface area contributed by atoms with Crippen molar-refractivity contribution in [3.05, 3.63) is 35.9 Å². The topological polar surface area (TPSA) is 35.6 Å². The Morgan fingerprint density at radius 2 is 1.90 bits per heavy atom. The zero-order valence-corrected chi connectivity index (χ0v) is 12.4. The lowest BCUT2D eigenvalue weighted by molar-refractivity contribution is 0.0168. The maximum atomic E-state index is 12.3. The van der Waals surface area contributed by atoms with E-state index in [4.69, 9.17) is 0 Å². The van der Waals surface area contributed by atoms with Crippen LogP contribution >= 0.6 is 0 Å². The van der Waals surface area contributed by atoms with E-state index < -0.39 is 0 Å². The minimum atomic E-state index is 0.148. The molecule has 0 radical (unpaired) electrons. The van der Waals surface area contributed by atoms with Crippen LogP contribution in [0, 0.1) is 5.92 Å². The minimum Gasteiger partial charge on any atom is -0.336 e. The number of nitrogens with zero attached hydrogens (tertiary/aromatic N) is 2. The number of carbonyl (C=O) groups is 1. The molecule has 1 N–H and O–H groups in total. The van der Waals surface area contributed by atoms with E-state index in [1.807, 2.05) is 6.07 Å². The fraction of sp³-hybridized carbons (Fsp3) is 0.588. The second-order valence-electron chi connectivity index (χ2n) is 6.64. The number of carbonyl (C=O) groups excluding carboxylic acids is 1. The highest BCUT2D eigenvalue weighted by atomic mass is 16.2. The number of amides is 2. The Hall–Kier alpha value is -1.55. The summed E-state index contributed by atoms with van der Waals surface area (Å²) in [5, 5.41) is 3.07. The van der Waals surface area contributed by atoms with E-state index in [0.29, 0.717) is 18.0 Å². The summed E-state index contributed by atoms with van der Waals surface area (Å²) in [6, 6.07) is 11.4. The summed E-state index contributed by atoms with van der Waals surface area (Å²) in [6.45, 7) is 4.31. The third-order valence-corrected chi connectivity index (χ3v) is 5.41. The van der Waals surface area contributed by atoms with Gasteiger partial charge in [0, 0.05) is 19.1 Å². The van der Waals surface area contributed by atoms with Crippen LogP contribution in [-0.2, 0) is 6.42 Å². The summed E-state index contributed by atoms with van der Waals surface area (Å²) < 4.78 is 0. The molecule has 0 aliphatic carbocycles. The van der Waals surface area contributed by atoms with Gasteiger partial charge in [-0.2, -0.15) is 0 Å². The van der Waals surface area contributed by atoms with Gasteiger partial charge in [0.1, 0.15) is 0 Å². The van der Waals surface area contributed by atoms with Crippen molar-refractivity contribution in [2.75, 3.05) is 26.2 Å². The van der Waals surface area contributed by atoms with Crippen LogP contribution in [0.1, 0.15) is 18.4 Å². The van der Waals surface area contributed by atoms with E-state index in [-0.39, 0.29) is 6.03 Å². The number of urea groups is 1. The zero-order chi connectivity index (χ0) is 14.2. The van der Waals surface area contributed by atoms with Crippen LogP contribution < -0.4 is 5.32 Å². The Balaban J connectivity index is 1.53. The number of fused-ring (bicyclic) bond motifs is 3. The Bertz CT molecular complexity index is 510. The van der Waals surface area contributed by atoms with Crippen LogP contribution in [0.5, 0.6) is 0 Å². The second-order valence-corrected chi connectivity index (χ2v) is 6.64. The maximum absolute atomic E-state index is 12.3. The van der Waals surface area contributed by atoms with Gasteiger partial charge in [-0.1, -0.05) is 30.3 Å². The number of hydrogen-bond donors (Lipinski definition) is 1. The van der Waals surface area contributed by atoms with Crippen LogP contribution in [0.4, 0.5) is 4.79 Å². The highest BCUT2D eigenvalue weighted by molar-refractivity contribution is 5.77. The number of rotatable bonds is 3. The Morgan fingerprint density at radius 3 is 2.57 bits per heavy atom. The van der Waals surface area contributed by atoms with E-state index >= 15 is 0 Å². The molecule has 4 heterocycles. The monoisotopic (exact) mass is 285 g/mol. The van der Waals surface area contributed by atoms with Crippen molar-refractivity contribution < 1.29 is 4.79 Å². The summed E-state index contributed by atoms with van der Waals surface area (Å²) >= 11 is 0. The largest absolute Gasteiger partial charge is 0.336 e. The average molecular weight is 285 g/mol. The molecule has 1 aromatic rings. The van der Waals surface area contributed by atoms with Gasteiger partial charge in [-0.3, -0.25) is 0 Å². The van der Waals surface area contributed by atoms with Gasteiger partial charge in [0.25, 0.3) is 0 Å². The average Bonchev–Trinajstić information content (AvgIpc) is 2.90. The molecule has 21 heavy (non-hydrogen) atoms. The van der Waals surface area contributed by atoms with Crippen molar-refractivity contribution >= 4 is 6.03 Å². The van der Waals surface area contributed by atoms with E-state index in [1.54, 1.807) is 0 Å². The van der Waals surface area contributed by atoms with Gasteiger partial charge in [0.05, 0.1) is 6.04 Å². The second kappa shape index (κ2) is 5.34. The number of piperidine rings is 3. The molecule has 4 nitrogen and oxygen atoms in total. The lowest BCUT2D eigenvalue weighted by Crippen LogP contribution is -2.59. The lowest BCUT2D eigenvalue weighted by atomic mass is 9.82. The molecule has 0 spiro atoms. The summed E-state index contributed by atoms with van der Waals surface area (Å²) in [5.74, 6) is 0.706. The van der Waals surface area contributed by atoms with Crippen molar-refractivity contribution in [2.24, 2.45) is 5.92 Å². The van der Waals surface area contributed by atoms with Crippen molar-refractivity contribution in [3.8, 4) is 0 Å². The summed E-state index contributed by atoms with van der Waals surface area (Å²) in [6.07, 6.45) is 3.47. The van der Waals surface area contributed by atoms with E-state index in [2.05, 4.69) is 39.4 Å². The SMILES string of the molecule is O=C1NCC(Cc2ccccc2)N1C1CN2CCC1CC2. The third-order valence-electron chi connectivity index (χ3n) is 5.41. The van der Waals surface area contributed by atoms with Gasteiger partial charge in [0.2, 0.25) is 0 Å². The molecule has 0 saturated carbocycles. The first-order valence-electron chi connectivity index (χ1n) is 8.14. The number of nitrogens with one attached hydrogen (secondary N) is 1. The van der Waals surface area contributed by atoms with Gasteiger partial charge in [0.15, 0.2) is 0 Å². The minimum absolute atomic E-state index is 0.148. The molecular weight excluding hydrogens is 262 g/mol. The smallest absolute Gasteiger partial charge is 0.318 e. The molecule has 2 unspecified atom stereocenters. The molecule has 2 atom stereocenters. The van der Waals surface area contributed by atoms with Gasteiger partial charge in [-0.25, -0.2) is 4.79 Å². The van der Waals surface area contributed by atoms with E-state index in [1.165, 1.54) is 31.5 Å². The molecule has 4 heteroatoms. The van der Waals surface area contributed by atoms with Crippen LogP contribution in [0.15, 0.2) is 30.3 Å². The quantitative estimate of drug-likeness (QED) is 0.918. The van der Waals surface area contributed by atoms with Crippen LogP contribution in [0.25, 0.3) is 0 Å². The third kappa shape index (κ3) is 2.42. The van der Waals surface area contributed by atoms with Crippen molar-refractivity contribution in [3.63, 3.8) is 0 Å². The molecule has 2 bridgehead atoms. The van der Waals surface area contributed by atoms with Crippen molar-refractivity contribution in [2.45, 2.75) is 31.3 Å². The summed E-state index contributed by atoms with van der Waals surface area (Å²) in [7, 11) is 0. The molecule has 4 fully saturated rings. The first kappa shape index (κ1) is 13.1. The molecule has 4 aliphatic heterocycles. The molecular formula is C17H23N3O. The highest BCUT2D eigenvalue weighted by Gasteiger charge is 2.44. The van der Waals surface area contributed by atoms with Gasteiger partial charge < -0.3 is 15.1 Å². The fourth-order valence-electron chi connectivity index (χ4n) is 4.29.